The molecule has 13 heteroatoms. The number of nitrogens with zero attached hydrogens (tertiary/aromatic N) is 1. The molecule has 1 fully saturated rings. The number of amides is 1. The molecule has 1 saturated heterocycles. The molecule has 2 heterocycles. The lowest BCUT2D eigenvalue weighted by Crippen LogP contribution is -2.60. The van der Waals surface area contributed by atoms with Gasteiger partial charge in [0.15, 0.2) is 9.84 Å². The second-order valence-electron chi connectivity index (χ2n) is 12.3. The number of sulfone groups is 1. The first-order valence-electron chi connectivity index (χ1n) is 15.1. The minimum absolute atomic E-state index is 0. The molecule has 1 amide bonds. The van der Waals surface area contributed by atoms with Crippen LogP contribution in [-0.4, -0.2) is 53.4 Å². The van der Waals surface area contributed by atoms with Crippen molar-refractivity contribution in [1.29, 1.82) is 5.26 Å². The first-order valence-corrected chi connectivity index (χ1v) is 18.6. The fourth-order valence-corrected chi connectivity index (χ4v) is 9.08. The smallest absolute Gasteiger partial charge is 0.236 e. The third-order valence-electron chi connectivity index (χ3n) is 9.23. The van der Waals surface area contributed by atoms with Crippen molar-refractivity contribution >= 4 is 43.9 Å². The number of sulfonamides is 1. The predicted octanol–water partition coefficient (Wildman–Crippen LogP) is 3.92. The number of anilines is 1. The van der Waals surface area contributed by atoms with Gasteiger partial charge in [0, 0.05) is 17.2 Å². The van der Waals surface area contributed by atoms with Crippen molar-refractivity contribution in [2.45, 2.75) is 48.6 Å². The molecule has 3 aromatic carbocycles. The molecule has 0 bridgehead atoms. The van der Waals surface area contributed by atoms with E-state index in [1.165, 1.54) is 12.1 Å². The van der Waals surface area contributed by atoms with E-state index in [-0.39, 0.29) is 29.1 Å². The highest BCUT2D eigenvalue weighted by Gasteiger charge is 2.54. The molecule has 1 spiro atoms. The fraction of sp³-hybridized carbons (Fsp3) is 0.394. The van der Waals surface area contributed by atoms with E-state index in [0.717, 1.165) is 43.3 Å². The molecule has 10 nitrogen and oxygen atoms in total. The lowest BCUT2D eigenvalue weighted by atomic mass is 9.62. The number of ether oxygens (including phenoxy) is 1. The zero-order valence-corrected chi connectivity index (χ0v) is 27.8. The second kappa shape index (κ2) is 13.2. The zero-order valence-electron chi connectivity index (χ0n) is 25.4. The number of hydrogen-bond donors (Lipinski definition) is 3. The van der Waals surface area contributed by atoms with Crippen LogP contribution >= 0.6 is 12.4 Å². The van der Waals surface area contributed by atoms with Crippen LogP contribution in [0.2, 0.25) is 0 Å². The minimum atomic E-state index is -3.91. The van der Waals surface area contributed by atoms with Gasteiger partial charge in [-0.15, -0.1) is 12.4 Å². The quantitative estimate of drug-likeness (QED) is 0.339. The molecule has 0 aromatic heterocycles. The van der Waals surface area contributed by atoms with Gasteiger partial charge in [-0.3, -0.25) is 9.52 Å². The first-order chi connectivity index (χ1) is 21.5. The van der Waals surface area contributed by atoms with Crippen molar-refractivity contribution in [3.05, 3.63) is 89.0 Å². The van der Waals surface area contributed by atoms with Crippen molar-refractivity contribution in [3.63, 3.8) is 0 Å². The summed E-state index contributed by atoms with van der Waals surface area (Å²) in [6, 6.07) is 20.3. The van der Waals surface area contributed by atoms with Crippen LogP contribution in [0, 0.1) is 23.2 Å². The Hall–Kier alpha value is -3.63. The molecule has 3 aliphatic rings. The van der Waals surface area contributed by atoms with Crippen LogP contribution in [-0.2, 0) is 37.5 Å². The molecule has 0 saturated carbocycles. The van der Waals surface area contributed by atoms with Gasteiger partial charge in [-0.1, -0.05) is 24.3 Å². The van der Waals surface area contributed by atoms with Crippen LogP contribution in [0.15, 0.2) is 71.6 Å². The molecule has 1 aliphatic carbocycles. The molecular weight excluding hydrogens is 648 g/mol. The lowest BCUT2D eigenvalue weighted by molar-refractivity contribution is -0.123. The number of fused-ring (bicyclic) bond motifs is 2. The molecule has 46 heavy (non-hydrogen) atoms. The standard InChI is InChI=1S/C33H36N4O6S2.ClH/c1-44(39,40)37-26-11-12-29-28(19-26)32(36-30(38)21-45(41,42)27-5-3-2-4-6-27)31(33(43-29)13-15-35-16-14-33)25-10-9-23-17-22(20-34)7-8-24(23)18-25;/h2-8,11-12,17,19,25,31-32,35,37H,9-10,13-16,18,21H2,1H3,(H,36,38);1H. The van der Waals surface area contributed by atoms with E-state index in [4.69, 9.17) is 4.74 Å². The zero-order chi connectivity index (χ0) is 31.8. The number of carbonyl (C=O) groups excluding carboxylic acids is 1. The molecule has 3 N–H and O–H groups in total. The molecule has 3 aromatic rings. The van der Waals surface area contributed by atoms with Gasteiger partial charge in [0.1, 0.15) is 17.1 Å². The molecule has 3 atom stereocenters. The van der Waals surface area contributed by atoms with E-state index in [1.54, 1.807) is 36.4 Å². The average molecular weight is 685 g/mol. The number of carbonyl (C=O) groups is 1. The van der Waals surface area contributed by atoms with Crippen LogP contribution in [0.25, 0.3) is 0 Å². The van der Waals surface area contributed by atoms with Crippen molar-refractivity contribution in [1.82, 2.24) is 10.6 Å². The van der Waals surface area contributed by atoms with Crippen molar-refractivity contribution in [3.8, 4) is 11.8 Å². The van der Waals surface area contributed by atoms with E-state index in [9.17, 15) is 26.9 Å². The van der Waals surface area contributed by atoms with Crippen LogP contribution in [0.5, 0.6) is 5.75 Å². The van der Waals surface area contributed by atoms with Crippen molar-refractivity contribution < 1.29 is 26.4 Å². The Kier molecular flexibility index (Phi) is 9.70. The highest BCUT2D eigenvalue weighted by Crippen LogP contribution is 2.53. The van der Waals surface area contributed by atoms with Crippen LogP contribution in [0.4, 0.5) is 5.69 Å². The first kappa shape index (κ1) is 33.7. The summed E-state index contributed by atoms with van der Waals surface area (Å²) in [5.74, 6) is -1.01. The highest BCUT2D eigenvalue weighted by molar-refractivity contribution is 7.92. The van der Waals surface area contributed by atoms with Gasteiger partial charge in [0.05, 0.1) is 28.8 Å². The molecule has 244 valence electrons. The van der Waals surface area contributed by atoms with Gasteiger partial charge in [0.25, 0.3) is 0 Å². The van der Waals surface area contributed by atoms with Gasteiger partial charge >= 0.3 is 0 Å². The molecule has 6 rings (SSSR count). The largest absolute Gasteiger partial charge is 0.486 e. The number of halogens is 1. The summed E-state index contributed by atoms with van der Waals surface area (Å²) < 4.78 is 60.1. The number of nitrogens with one attached hydrogen (secondary N) is 3. The van der Waals surface area contributed by atoms with E-state index < -0.39 is 43.2 Å². The number of benzene rings is 3. The van der Waals surface area contributed by atoms with E-state index >= 15 is 0 Å². The molecule has 0 radical (unpaired) electrons. The topological polar surface area (TPSA) is 154 Å². The minimum Gasteiger partial charge on any atom is -0.486 e. The Bertz CT molecular complexity index is 1870. The summed E-state index contributed by atoms with van der Waals surface area (Å²) in [6.07, 6.45) is 4.69. The summed E-state index contributed by atoms with van der Waals surface area (Å²) >= 11 is 0. The van der Waals surface area contributed by atoms with Crippen LogP contribution in [0.1, 0.15) is 47.6 Å². The van der Waals surface area contributed by atoms with Gasteiger partial charge in [-0.05, 0) is 105 Å². The normalized spacial score (nSPS) is 21.8. The number of piperidine rings is 1. The summed E-state index contributed by atoms with van der Waals surface area (Å²) in [7, 11) is -7.50. The summed E-state index contributed by atoms with van der Waals surface area (Å²) in [4.78, 5) is 13.8. The van der Waals surface area contributed by atoms with Crippen molar-refractivity contribution in [2.24, 2.45) is 11.8 Å². The summed E-state index contributed by atoms with van der Waals surface area (Å²) in [5.41, 5.74) is 3.19. The Labute approximate surface area is 276 Å². The maximum atomic E-state index is 13.7. The monoisotopic (exact) mass is 684 g/mol. The Morgan fingerprint density at radius 2 is 1.76 bits per heavy atom. The Morgan fingerprint density at radius 3 is 2.46 bits per heavy atom. The lowest BCUT2D eigenvalue weighted by Gasteiger charge is -2.54. The van der Waals surface area contributed by atoms with E-state index in [1.807, 2.05) is 18.2 Å². The van der Waals surface area contributed by atoms with Gasteiger partial charge < -0.3 is 15.4 Å². The van der Waals surface area contributed by atoms with Crippen molar-refractivity contribution in [2.75, 3.05) is 29.8 Å². The van der Waals surface area contributed by atoms with Gasteiger partial charge in [0.2, 0.25) is 15.9 Å². The maximum absolute atomic E-state index is 13.7. The SMILES string of the molecule is CS(=O)(=O)Nc1ccc2c(c1)C(NC(=O)CS(=O)(=O)c1ccccc1)C(C1CCc3cc(C#N)ccc3C1)C1(CCNCC1)O2.Cl. The van der Waals surface area contributed by atoms with E-state index in [0.29, 0.717) is 41.8 Å². The second-order valence-corrected chi connectivity index (χ2v) is 16.0. The maximum Gasteiger partial charge on any atom is 0.236 e. The third kappa shape index (κ3) is 7.03. The van der Waals surface area contributed by atoms with Gasteiger partial charge in [-0.2, -0.15) is 5.26 Å². The summed E-state index contributed by atoms with van der Waals surface area (Å²) in [6.45, 7) is 1.44. The number of nitriles is 1. The number of aryl methyl sites for hydroxylation is 1. The molecule has 3 unspecified atom stereocenters. The van der Waals surface area contributed by atoms with E-state index in [2.05, 4.69) is 21.4 Å². The number of hydrogen-bond acceptors (Lipinski definition) is 8. The third-order valence-corrected chi connectivity index (χ3v) is 11.5. The van der Waals surface area contributed by atoms with Crippen LogP contribution in [0.3, 0.4) is 0 Å². The predicted molar refractivity (Wildman–Crippen MR) is 177 cm³/mol. The molecule has 2 aliphatic heterocycles. The summed E-state index contributed by atoms with van der Waals surface area (Å²) in [5, 5.41) is 16.0. The number of rotatable bonds is 7. The fourth-order valence-electron chi connectivity index (χ4n) is 7.36. The average Bonchev–Trinajstić information content (AvgIpc) is 3.01. The Balaban J connectivity index is 0.00000417. The Morgan fingerprint density at radius 1 is 1.02 bits per heavy atom. The van der Waals surface area contributed by atoms with Gasteiger partial charge in [-0.25, -0.2) is 16.8 Å². The molecular formula is C33H37ClN4O6S2. The highest BCUT2D eigenvalue weighted by atomic mass is 35.5. The van der Waals surface area contributed by atoms with Crippen LogP contribution < -0.4 is 20.1 Å².